The van der Waals surface area contributed by atoms with Crippen molar-refractivity contribution in [3.05, 3.63) is 34.2 Å². The predicted octanol–water partition coefficient (Wildman–Crippen LogP) is 3.53. The van der Waals surface area contributed by atoms with Crippen LogP contribution in [0, 0.1) is 6.92 Å². The molecule has 0 aliphatic heterocycles. The summed E-state index contributed by atoms with van der Waals surface area (Å²) in [5.74, 6) is 0.500. The Kier molecular flexibility index (Phi) is 2.35. The lowest BCUT2D eigenvalue weighted by Crippen LogP contribution is -1.95. The fourth-order valence-electron chi connectivity index (χ4n) is 1.54. The van der Waals surface area contributed by atoms with Crippen LogP contribution in [-0.2, 0) is 0 Å². The van der Waals surface area contributed by atoms with Crippen LogP contribution in [0.2, 0.25) is 0 Å². The Morgan fingerprint density at radius 1 is 1.43 bits per heavy atom. The molecule has 0 N–H and O–H groups in total. The molecule has 0 bridgehead atoms. The van der Waals surface area contributed by atoms with Gasteiger partial charge < -0.3 is 4.40 Å². The highest BCUT2D eigenvalue weighted by Gasteiger charge is 2.08. The van der Waals surface area contributed by atoms with Crippen LogP contribution in [0.4, 0.5) is 0 Å². The second kappa shape index (κ2) is 3.39. The van der Waals surface area contributed by atoms with Crippen LogP contribution in [0.5, 0.6) is 0 Å². The summed E-state index contributed by atoms with van der Waals surface area (Å²) in [6.07, 6.45) is 4.04. The van der Waals surface area contributed by atoms with Gasteiger partial charge in [-0.15, -0.1) is 0 Å². The van der Waals surface area contributed by atoms with E-state index in [2.05, 4.69) is 58.3 Å². The third-order valence-electron chi connectivity index (χ3n) is 2.41. The number of nitrogens with zero attached hydrogens (tertiary/aromatic N) is 2. The van der Waals surface area contributed by atoms with Crippen molar-refractivity contribution in [3.8, 4) is 0 Å². The summed E-state index contributed by atoms with van der Waals surface area (Å²) in [4.78, 5) is 4.38. The number of rotatable bonds is 1. The number of fused-ring (bicyclic) bond motifs is 1. The molecule has 0 saturated carbocycles. The zero-order valence-corrected chi connectivity index (χ0v) is 10.2. The van der Waals surface area contributed by atoms with Crippen molar-refractivity contribution in [2.45, 2.75) is 26.7 Å². The van der Waals surface area contributed by atoms with E-state index in [1.54, 1.807) is 0 Å². The van der Waals surface area contributed by atoms with Crippen molar-refractivity contribution in [3.63, 3.8) is 0 Å². The molecule has 0 saturated heterocycles. The molecule has 2 aromatic heterocycles. The van der Waals surface area contributed by atoms with Gasteiger partial charge in [-0.1, -0.05) is 13.8 Å². The van der Waals surface area contributed by atoms with Crippen molar-refractivity contribution in [2.75, 3.05) is 0 Å². The van der Waals surface area contributed by atoms with Crippen molar-refractivity contribution in [1.82, 2.24) is 9.38 Å². The molecule has 0 atom stereocenters. The molecule has 0 spiro atoms. The summed E-state index contributed by atoms with van der Waals surface area (Å²) >= 11 is 3.54. The van der Waals surface area contributed by atoms with Gasteiger partial charge in [0.05, 0.1) is 0 Å². The number of pyridine rings is 1. The van der Waals surface area contributed by atoms with Gasteiger partial charge in [-0.2, -0.15) is 0 Å². The molecule has 0 fully saturated rings. The number of halogens is 1. The summed E-state index contributed by atoms with van der Waals surface area (Å²) in [5, 5.41) is 0. The second-order valence-electron chi connectivity index (χ2n) is 3.87. The van der Waals surface area contributed by atoms with E-state index in [0.717, 1.165) is 10.1 Å². The smallest absolute Gasteiger partial charge is 0.137 e. The van der Waals surface area contributed by atoms with Crippen LogP contribution in [0.1, 0.15) is 31.0 Å². The molecule has 2 rings (SSSR count). The predicted molar refractivity (Wildman–Crippen MR) is 61.7 cm³/mol. The normalized spacial score (nSPS) is 11.5. The zero-order chi connectivity index (χ0) is 10.3. The average Bonchev–Trinajstić information content (AvgIpc) is 2.48. The SMILES string of the molecule is Cc1cc2ncc(C(C)C)n2cc1Br. The Morgan fingerprint density at radius 3 is 2.79 bits per heavy atom. The molecule has 2 nitrogen and oxygen atoms in total. The van der Waals surface area contributed by atoms with E-state index >= 15 is 0 Å². The molecule has 0 aliphatic carbocycles. The molecule has 14 heavy (non-hydrogen) atoms. The van der Waals surface area contributed by atoms with Gasteiger partial charge in [0, 0.05) is 22.6 Å². The maximum atomic E-state index is 4.38. The first-order valence-electron chi connectivity index (χ1n) is 4.72. The number of hydrogen-bond acceptors (Lipinski definition) is 1. The van der Waals surface area contributed by atoms with E-state index in [9.17, 15) is 0 Å². The first-order valence-corrected chi connectivity index (χ1v) is 5.52. The number of aromatic nitrogens is 2. The van der Waals surface area contributed by atoms with Crippen molar-refractivity contribution < 1.29 is 0 Å². The zero-order valence-electron chi connectivity index (χ0n) is 8.58. The number of aryl methyl sites for hydroxylation is 1. The Labute approximate surface area is 92.1 Å². The summed E-state index contributed by atoms with van der Waals surface area (Å²) in [5.41, 5.74) is 3.49. The lowest BCUT2D eigenvalue weighted by Gasteiger charge is -2.06. The highest BCUT2D eigenvalue weighted by Crippen LogP contribution is 2.22. The molecule has 0 aliphatic rings. The Balaban J connectivity index is 2.74. The quantitative estimate of drug-likeness (QED) is 0.759. The van der Waals surface area contributed by atoms with E-state index in [1.807, 2.05) is 6.20 Å². The first kappa shape index (κ1) is 9.71. The van der Waals surface area contributed by atoms with Crippen LogP contribution in [0.25, 0.3) is 5.65 Å². The van der Waals surface area contributed by atoms with E-state index in [1.165, 1.54) is 11.3 Å². The summed E-state index contributed by atoms with van der Waals surface area (Å²) in [6.45, 7) is 6.43. The van der Waals surface area contributed by atoms with E-state index in [4.69, 9.17) is 0 Å². The van der Waals surface area contributed by atoms with Gasteiger partial charge in [-0.25, -0.2) is 4.98 Å². The minimum Gasteiger partial charge on any atom is -0.303 e. The van der Waals surface area contributed by atoms with Gasteiger partial charge in [0.15, 0.2) is 0 Å². The maximum Gasteiger partial charge on any atom is 0.137 e. The monoisotopic (exact) mass is 252 g/mol. The van der Waals surface area contributed by atoms with E-state index in [0.29, 0.717) is 5.92 Å². The second-order valence-corrected chi connectivity index (χ2v) is 4.72. The van der Waals surface area contributed by atoms with Gasteiger partial charge in [0.2, 0.25) is 0 Å². The maximum absolute atomic E-state index is 4.38. The molecular weight excluding hydrogens is 240 g/mol. The molecular formula is C11H13BrN2. The molecule has 2 aromatic rings. The third-order valence-corrected chi connectivity index (χ3v) is 3.24. The number of imidazole rings is 1. The third kappa shape index (κ3) is 1.46. The average molecular weight is 253 g/mol. The Bertz CT molecular complexity index is 471. The minimum atomic E-state index is 0.500. The highest BCUT2D eigenvalue weighted by molar-refractivity contribution is 9.10. The lowest BCUT2D eigenvalue weighted by atomic mass is 10.1. The topological polar surface area (TPSA) is 17.3 Å². The Hall–Kier alpha value is -0.830. The van der Waals surface area contributed by atoms with Gasteiger partial charge in [0.25, 0.3) is 0 Å². The van der Waals surface area contributed by atoms with Crippen LogP contribution >= 0.6 is 15.9 Å². The van der Waals surface area contributed by atoms with Crippen LogP contribution in [-0.4, -0.2) is 9.38 Å². The van der Waals surface area contributed by atoms with Gasteiger partial charge >= 0.3 is 0 Å². The number of hydrogen-bond donors (Lipinski definition) is 0. The fourth-order valence-corrected chi connectivity index (χ4v) is 1.86. The standard InChI is InChI=1S/C11H13BrN2/c1-7(2)10-5-13-11-4-8(3)9(12)6-14(10)11/h4-7H,1-3H3. The molecule has 2 heterocycles. The minimum absolute atomic E-state index is 0.500. The van der Waals surface area contributed by atoms with Crippen LogP contribution in [0.3, 0.4) is 0 Å². The fraction of sp³-hybridized carbons (Fsp3) is 0.364. The summed E-state index contributed by atoms with van der Waals surface area (Å²) in [7, 11) is 0. The van der Waals surface area contributed by atoms with Crippen LogP contribution in [0.15, 0.2) is 22.9 Å². The largest absolute Gasteiger partial charge is 0.303 e. The van der Waals surface area contributed by atoms with Crippen molar-refractivity contribution in [1.29, 1.82) is 0 Å². The molecule has 3 heteroatoms. The highest BCUT2D eigenvalue weighted by atomic mass is 79.9. The lowest BCUT2D eigenvalue weighted by molar-refractivity contribution is 0.807. The first-order chi connectivity index (χ1) is 6.59. The molecule has 74 valence electrons. The van der Waals surface area contributed by atoms with Crippen molar-refractivity contribution >= 4 is 21.6 Å². The van der Waals surface area contributed by atoms with Gasteiger partial charge in [-0.05, 0) is 40.4 Å². The van der Waals surface area contributed by atoms with Gasteiger partial charge in [0.1, 0.15) is 5.65 Å². The van der Waals surface area contributed by atoms with Gasteiger partial charge in [-0.3, -0.25) is 0 Å². The molecule has 0 radical (unpaired) electrons. The summed E-state index contributed by atoms with van der Waals surface area (Å²) in [6, 6.07) is 2.09. The van der Waals surface area contributed by atoms with E-state index < -0.39 is 0 Å². The molecule has 0 aromatic carbocycles. The summed E-state index contributed by atoms with van der Waals surface area (Å²) < 4.78 is 3.27. The van der Waals surface area contributed by atoms with Crippen molar-refractivity contribution in [2.24, 2.45) is 0 Å². The molecule has 0 amide bonds. The van der Waals surface area contributed by atoms with E-state index in [-0.39, 0.29) is 0 Å². The van der Waals surface area contributed by atoms with Crippen LogP contribution < -0.4 is 0 Å². The molecule has 0 unspecified atom stereocenters. The Morgan fingerprint density at radius 2 is 2.14 bits per heavy atom.